The molecular formula is C58H81NO15. The predicted octanol–water partition coefficient (Wildman–Crippen LogP) is 8.90. The van der Waals surface area contributed by atoms with Gasteiger partial charge in [-0.3, -0.25) is 19.2 Å². The number of nitrogens with one attached hydrogen (secondary N) is 1. The molecule has 74 heavy (non-hydrogen) atoms. The number of esters is 4. The van der Waals surface area contributed by atoms with Crippen LogP contribution in [0.3, 0.4) is 0 Å². The van der Waals surface area contributed by atoms with Crippen LogP contribution in [-0.4, -0.2) is 106 Å². The molecule has 1 heterocycles. The minimum absolute atomic E-state index is 0.0506. The Bertz CT molecular complexity index is 2340. The van der Waals surface area contributed by atoms with Crippen LogP contribution in [0.2, 0.25) is 0 Å². The van der Waals surface area contributed by atoms with E-state index < -0.39 is 130 Å². The molecule has 3 aliphatic carbocycles. The summed E-state index contributed by atoms with van der Waals surface area (Å²) in [5.41, 5.74) is -8.18. The summed E-state index contributed by atoms with van der Waals surface area (Å²) in [6.45, 7) is 18.6. The second-order valence-corrected chi connectivity index (χ2v) is 24.2. The quantitative estimate of drug-likeness (QED) is 0.0517. The van der Waals surface area contributed by atoms with Crippen molar-refractivity contribution in [1.82, 2.24) is 5.32 Å². The fourth-order valence-electron chi connectivity index (χ4n) is 12.2. The van der Waals surface area contributed by atoms with E-state index in [-0.39, 0.29) is 25.0 Å². The average Bonchev–Trinajstić information content (AvgIpc) is 3.31. The lowest BCUT2D eigenvalue weighted by Crippen LogP contribution is -2.82. The van der Waals surface area contributed by atoms with Crippen LogP contribution in [0, 0.1) is 34.0 Å². The Morgan fingerprint density at radius 1 is 0.824 bits per heavy atom. The molecule has 2 aromatic rings. The lowest BCUT2D eigenvalue weighted by Gasteiger charge is -2.67. The maximum atomic E-state index is 15.2. The monoisotopic (exact) mass is 1030 g/mol. The number of carbonyl (C=O) groups is 7. The van der Waals surface area contributed by atoms with E-state index in [1.165, 1.54) is 38.3 Å². The predicted molar refractivity (Wildman–Crippen MR) is 272 cm³/mol. The minimum Gasteiger partial charge on any atom is -0.459 e. The molecule has 16 nitrogen and oxygen atoms in total. The van der Waals surface area contributed by atoms with Crippen LogP contribution >= 0.6 is 0 Å². The number of hydrogen-bond acceptors (Lipinski definition) is 15. The number of ether oxygens (including phenoxy) is 6. The molecule has 2 aromatic carbocycles. The molecule has 3 N–H and O–H groups in total. The van der Waals surface area contributed by atoms with Gasteiger partial charge in [0.2, 0.25) is 17.7 Å². The molecule has 4 aliphatic rings. The molecule has 6 rings (SSSR count). The molecule has 12 unspecified atom stereocenters. The Balaban J connectivity index is 1.37. The Hall–Kier alpha value is -5.19. The first-order valence-electron chi connectivity index (χ1n) is 26.6. The second-order valence-electron chi connectivity index (χ2n) is 24.2. The number of unbranched alkanes of at least 4 members (excludes halogenated alkanes) is 7. The maximum absolute atomic E-state index is 15.2. The van der Waals surface area contributed by atoms with Crippen LogP contribution in [0.1, 0.15) is 175 Å². The van der Waals surface area contributed by atoms with Gasteiger partial charge in [0.05, 0.1) is 29.6 Å². The van der Waals surface area contributed by atoms with Crippen LogP contribution in [0.15, 0.2) is 60.7 Å². The number of amides is 1. The summed E-state index contributed by atoms with van der Waals surface area (Å²) >= 11 is 0. The summed E-state index contributed by atoms with van der Waals surface area (Å²) in [4.78, 5) is 101. The van der Waals surface area contributed by atoms with E-state index in [4.69, 9.17) is 28.4 Å². The first kappa shape index (κ1) is 58.1. The molecule has 16 heteroatoms. The van der Waals surface area contributed by atoms with Gasteiger partial charge in [-0.15, -0.1) is 0 Å². The standard InChI is InChI=1S/C58H81NO15/c1-35-39(70-51(66)46(44(37-26-20-18-21-27-37)59-52(67)74-54(6,7)8)71-42(62)30-24-16-14-12-13-15-17-25-31-53(3,4)5)33-58(68)49(72-50(65)38-28-22-19-23-29-38)47-56(11,48(64)45(63)43(35)55(58,9)10)40(61)32-41-57(47,34-69-41)73-36(2)60/h18-23,26-29,35,39-41,43-44,46-47,49,61,68H,12-17,24-25,30-34H2,1-11H3,(H,59,67). The van der Waals surface area contributed by atoms with E-state index in [9.17, 15) is 29.4 Å². The van der Waals surface area contributed by atoms with Gasteiger partial charge in [0.1, 0.15) is 35.6 Å². The molecule has 3 saturated carbocycles. The van der Waals surface area contributed by atoms with Crippen LogP contribution in [0.25, 0.3) is 0 Å². The number of fused-ring (bicyclic) bond motifs is 5. The van der Waals surface area contributed by atoms with E-state index in [0.717, 1.165) is 39.0 Å². The van der Waals surface area contributed by atoms with Gasteiger partial charge < -0.3 is 44.0 Å². The van der Waals surface area contributed by atoms with Gasteiger partial charge in [-0.25, -0.2) is 14.4 Å². The molecule has 1 amide bonds. The third kappa shape index (κ3) is 12.4. The number of ketones is 2. The average molecular weight is 1030 g/mol. The summed E-state index contributed by atoms with van der Waals surface area (Å²) in [6, 6.07) is 14.9. The molecule has 1 aliphatic heterocycles. The van der Waals surface area contributed by atoms with E-state index in [1.807, 2.05) is 0 Å². The second kappa shape index (κ2) is 23.0. The van der Waals surface area contributed by atoms with E-state index in [1.54, 1.807) is 90.1 Å². The van der Waals surface area contributed by atoms with Crippen molar-refractivity contribution in [2.75, 3.05) is 6.61 Å². The van der Waals surface area contributed by atoms with Gasteiger partial charge >= 0.3 is 30.0 Å². The number of aliphatic hydroxyl groups excluding tert-OH is 1. The van der Waals surface area contributed by atoms with Crippen LogP contribution in [0.4, 0.5) is 4.79 Å². The molecule has 1 saturated heterocycles. The Labute approximate surface area is 436 Å². The first-order valence-corrected chi connectivity index (χ1v) is 26.6. The smallest absolute Gasteiger partial charge is 0.408 e. The van der Waals surface area contributed by atoms with E-state index in [0.29, 0.717) is 17.4 Å². The summed E-state index contributed by atoms with van der Waals surface area (Å²) in [5, 5.41) is 28.5. The number of aliphatic hydroxyl groups is 2. The topological polar surface area (TPSA) is 227 Å². The van der Waals surface area contributed by atoms with Crippen LogP contribution in [0.5, 0.6) is 0 Å². The molecule has 0 spiro atoms. The van der Waals surface area contributed by atoms with Crippen molar-refractivity contribution >= 4 is 41.5 Å². The summed E-state index contributed by atoms with van der Waals surface area (Å²) in [5.74, 6) is -9.72. The molecular weight excluding hydrogens is 951 g/mol. The zero-order valence-electron chi connectivity index (χ0n) is 45.4. The highest BCUT2D eigenvalue weighted by atomic mass is 16.6. The lowest BCUT2D eigenvalue weighted by atomic mass is 9.42. The Kier molecular flexibility index (Phi) is 18.0. The highest BCUT2D eigenvalue weighted by molar-refractivity contribution is 6.40. The van der Waals surface area contributed by atoms with Crippen molar-refractivity contribution in [3.05, 3.63) is 71.8 Å². The largest absolute Gasteiger partial charge is 0.459 e. The van der Waals surface area contributed by atoms with Crippen molar-refractivity contribution in [3.8, 4) is 0 Å². The SMILES string of the molecule is CC(=O)OC12COC1CC(O)C1(C)C(=O)C(=O)C3C(C)C(OC(=O)C(OC(=O)CCCCCCCCCCC(C)(C)C)C(NC(=O)OC(C)(C)C)c4ccccc4)CC(O)(C(OC(=O)c4ccccc4)C21)C3(C)C. The zero-order valence-corrected chi connectivity index (χ0v) is 45.4. The van der Waals surface area contributed by atoms with Crippen molar-refractivity contribution in [2.24, 2.45) is 34.0 Å². The molecule has 0 radical (unpaired) electrons. The van der Waals surface area contributed by atoms with Gasteiger partial charge in [0.15, 0.2) is 5.60 Å². The fourth-order valence-corrected chi connectivity index (χ4v) is 12.2. The normalized spacial score (nSPS) is 30.1. The highest BCUT2D eigenvalue weighted by Gasteiger charge is 2.79. The third-order valence-electron chi connectivity index (χ3n) is 16.2. The lowest BCUT2D eigenvalue weighted by molar-refractivity contribution is -0.350. The highest BCUT2D eigenvalue weighted by Crippen LogP contribution is 2.64. The van der Waals surface area contributed by atoms with Gasteiger partial charge in [0, 0.05) is 43.4 Å². The van der Waals surface area contributed by atoms with Crippen LogP contribution < -0.4 is 5.32 Å². The Morgan fingerprint density at radius 2 is 1.41 bits per heavy atom. The van der Waals surface area contributed by atoms with Crippen LogP contribution in [-0.2, 0) is 52.4 Å². The number of hydrogen-bond donors (Lipinski definition) is 3. The summed E-state index contributed by atoms with van der Waals surface area (Å²) in [7, 11) is 0. The number of carbonyl (C=O) groups excluding carboxylic acids is 7. The van der Waals surface area contributed by atoms with Crippen molar-refractivity contribution in [3.63, 3.8) is 0 Å². The van der Waals surface area contributed by atoms with Crippen molar-refractivity contribution in [1.29, 1.82) is 0 Å². The molecule has 2 bridgehead atoms. The molecule has 0 aromatic heterocycles. The maximum Gasteiger partial charge on any atom is 0.408 e. The fraction of sp³-hybridized carbons (Fsp3) is 0.672. The first-order chi connectivity index (χ1) is 34.6. The zero-order chi connectivity index (χ0) is 54.6. The summed E-state index contributed by atoms with van der Waals surface area (Å²) in [6.07, 6.45) is -0.608. The minimum atomic E-state index is -2.40. The van der Waals surface area contributed by atoms with E-state index in [2.05, 4.69) is 26.1 Å². The number of benzene rings is 2. The number of Topliss-reactive ketones (excluding diaryl/α,β-unsaturated/α-hetero) is 2. The van der Waals surface area contributed by atoms with E-state index >= 15 is 14.4 Å². The van der Waals surface area contributed by atoms with Gasteiger partial charge in [-0.2, -0.15) is 0 Å². The molecule has 4 fully saturated rings. The number of rotatable bonds is 19. The number of alkyl carbamates (subject to hydrolysis) is 1. The van der Waals surface area contributed by atoms with Gasteiger partial charge in [0.25, 0.3) is 0 Å². The van der Waals surface area contributed by atoms with Crippen molar-refractivity contribution < 1.29 is 72.2 Å². The van der Waals surface area contributed by atoms with Crippen molar-refractivity contribution in [2.45, 2.75) is 207 Å². The molecule has 12 atom stereocenters. The third-order valence-corrected chi connectivity index (χ3v) is 16.2. The van der Waals surface area contributed by atoms with Gasteiger partial charge in [-0.1, -0.05) is 135 Å². The summed E-state index contributed by atoms with van der Waals surface area (Å²) < 4.78 is 36.5. The molecule has 408 valence electrons. The van der Waals surface area contributed by atoms with Gasteiger partial charge in [-0.05, 0) is 63.6 Å². The Morgan fingerprint density at radius 3 is 1.96 bits per heavy atom.